The second-order valence-electron chi connectivity index (χ2n) is 5.63. The Balaban J connectivity index is 2.00. The quantitative estimate of drug-likeness (QED) is 0.661. The number of halogens is 1. The third-order valence-corrected chi connectivity index (χ3v) is 4.79. The molecule has 104 valence electrons. The summed E-state index contributed by atoms with van der Waals surface area (Å²) in [4.78, 5) is 0. The van der Waals surface area contributed by atoms with Gasteiger partial charge in [-0.05, 0) is 42.5 Å². The Morgan fingerprint density at radius 2 is 1.85 bits per heavy atom. The largest absolute Gasteiger partial charge is 0.271 e. The summed E-state index contributed by atoms with van der Waals surface area (Å²) in [5.41, 5.74) is 6.71. The molecule has 0 amide bonds. The first-order valence-electron chi connectivity index (χ1n) is 6.95. The first-order chi connectivity index (χ1) is 9.67. The minimum Gasteiger partial charge on any atom is -0.271 e. The molecule has 3 N–H and O–H groups in total. The van der Waals surface area contributed by atoms with Crippen LogP contribution in [-0.2, 0) is 5.41 Å². The third-order valence-electron chi connectivity index (χ3n) is 4.39. The van der Waals surface area contributed by atoms with Crippen LogP contribution >= 0.6 is 11.6 Å². The van der Waals surface area contributed by atoms with Crippen LogP contribution in [0.15, 0.2) is 48.5 Å². The van der Waals surface area contributed by atoms with Crippen molar-refractivity contribution in [3.63, 3.8) is 0 Å². The summed E-state index contributed by atoms with van der Waals surface area (Å²) in [7, 11) is 0. The fraction of sp³-hybridized carbons (Fsp3) is 0.294. The van der Waals surface area contributed by atoms with Crippen LogP contribution in [0.25, 0.3) is 0 Å². The summed E-state index contributed by atoms with van der Waals surface area (Å²) in [6, 6.07) is 16.9. The van der Waals surface area contributed by atoms with Crippen molar-refractivity contribution in [3.05, 3.63) is 70.2 Å². The van der Waals surface area contributed by atoms with E-state index in [1.54, 1.807) is 0 Å². The number of nitrogens with one attached hydrogen (secondary N) is 1. The number of benzene rings is 2. The smallest absolute Gasteiger partial charge is 0.0557 e. The molecular weight excluding hydrogens is 268 g/mol. The Morgan fingerprint density at radius 3 is 2.40 bits per heavy atom. The SMILES string of the molecule is Cc1ccc(C(NN)C2(c3ccccc3)CC2)cc1Cl. The molecule has 2 nitrogen and oxygen atoms in total. The van der Waals surface area contributed by atoms with Crippen LogP contribution in [0.5, 0.6) is 0 Å². The number of hydrogen-bond acceptors (Lipinski definition) is 2. The van der Waals surface area contributed by atoms with E-state index >= 15 is 0 Å². The zero-order valence-corrected chi connectivity index (χ0v) is 12.3. The van der Waals surface area contributed by atoms with Crippen LogP contribution in [0.3, 0.4) is 0 Å². The van der Waals surface area contributed by atoms with Gasteiger partial charge in [0.1, 0.15) is 0 Å². The monoisotopic (exact) mass is 286 g/mol. The van der Waals surface area contributed by atoms with E-state index in [2.05, 4.69) is 41.8 Å². The molecule has 3 rings (SSSR count). The van der Waals surface area contributed by atoms with E-state index in [9.17, 15) is 0 Å². The average molecular weight is 287 g/mol. The maximum Gasteiger partial charge on any atom is 0.0557 e. The van der Waals surface area contributed by atoms with Gasteiger partial charge in [0.15, 0.2) is 0 Å². The van der Waals surface area contributed by atoms with Gasteiger partial charge in [-0.3, -0.25) is 11.3 Å². The molecule has 2 aromatic rings. The highest BCUT2D eigenvalue weighted by Crippen LogP contribution is 2.56. The van der Waals surface area contributed by atoms with Crippen molar-refractivity contribution in [1.29, 1.82) is 0 Å². The van der Waals surface area contributed by atoms with Crippen molar-refractivity contribution in [1.82, 2.24) is 5.43 Å². The standard InChI is InChI=1S/C17H19ClN2/c1-12-7-8-13(11-15(12)18)16(20-19)17(9-10-17)14-5-3-2-4-6-14/h2-8,11,16,20H,9-10,19H2,1H3. The van der Waals surface area contributed by atoms with E-state index in [-0.39, 0.29) is 11.5 Å². The second kappa shape index (κ2) is 5.21. The Hall–Kier alpha value is -1.35. The summed E-state index contributed by atoms with van der Waals surface area (Å²) in [5.74, 6) is 5.86. The summed E-state index contributed by atoms with van der Waals surface area (Å²) in [6.07, 6.45) is 2.30. The zero-order valence-electron chi connectivity index (χ0n) is 11.6. The highest BCUT2D eigenvalue weighted by atomic mass is 35.5. The van der Waals surface area contributed by atoms with E-state index in [1.807, 2.05) is 19.1 Å². The number of hydrogen-bond donors (Lipinski definition) is 2. The average Bonchev–Trinajstić information content (AvgIpc) is 3.26. The first kappa shape index (κ1) is 13.6. The van der Waals surface area contributed by atoms with E-state index < -0.39 is 0 Å². The van der Waals surface area contributed by atoms with E-state index in [0.717, 1.165) is 29.0 Å². The molecule has 0 spiro atoms. The Morgan fingerprint density at radius 1 is 1.15 bits per heavy atom. The highest BCUT2D eigenvalue weighted by Gasteiger charge is 2.50. The molecule has 1 unspecified atom stereocenters. The lowest BCUT2D eigenvalue weighted by Crippen LogP contribution is -2.36. The lowest BCUT2D eigenvalue weighted by Gasteiger charge is -2.27. The molecule has 1 aliphatic rings. The van der Waals surface area contributed by atoms with Crippen molar-refractivity contribution in [2.45, 2.75) is 31.2 Å². The van der Waals surface area contributed by atoms with E-state index in [1.165, 1.54) is 5.56 Å². The highest BCUT2D eigenvalue weighted by molar-refractivity contribution is 6.31. The normalized spacial score (nSPS) is 17.8. The summed E-state index contributed by atoms with van der Waals surface area (Å²) in [5, 5.41) is 0.798. The molecule has 0 aromatic heterocycles. The summed E-state index contributed by atoms with van der Waals surface area (Å²) < 4.78 is 0. The van der Waals surface area contributed by atoms with Gasteiger partial charge in [-0.15, -0.1) is 0 Å². The van der Waals surface area contributed by atoms with Gasteiger partial charge in [0.25, 0.3) is 0 Å². The van der Waals surface area contributed by atoms with Crippen molar-refractivity contribution in [3.8, 4) is 0 Å². The predicted molar refractivity (Wildman–Crippen MR) is 83.6 cm³/mol. The summed E-state index contributed by atoms with van der Waals surface area (Å²) >= 11 is 6.26. The van der Waals surface area contributed by atoms with Crippen molar-refractivity contribution in [2.75, 3.05) is 0 Å². The van der Waals surface area contributed by atoms with Gasteiger partial charge in [-0.2, -0.15) is 0 Å². The minimum absolute atomic E-state index is 0.1000. The molecular formula is C17H19ClN2. The molecule has 0 saturated heterocycles. The van der Waals surface area contributed by atoms with Gasteiger partial charge >= 0.3 is 0 Å². The fourth-order valence-corrected chi connectivity index (χ4v) is 3.20. The number of rotatable bonds is 4. The predicted octanol–water partition coefficient (Wildman–Crippen LogP) is 3.88. The summed E-state index contributed by atoms with van der Waals surface area (Å²) in [6.45, 7) is 2.01. The maximum absolute atomic E-state index is 6.26. The molecule has 1 atom stereocenters. The van der Waals surface area contributed by atoms with Gasteiger partial charge < -0.3 is 0 Å². The topological polar surface area (TPSA) is 38.0 Å². The Kier molecular flexibility index (Phi) is 3.55. The van der Waals surface area contributed by atoms with Gasteiger partial charge in [-0.1, -0.05) is 54.1 Å². The number of aryl methyl sites for hydroxylation is 1. The number of hydrazine groups is 1. The van der Waals surface area contributed by atoms with E-state index in [4.69, 9.17) is 17.4 Å². The minimum atomic E-state index is 0.1000. The molecule has 3 heteroatoms. The number of nitrogens with two attached hydrogens (primary N) is 1. The van der Waals surface area contributed by atoms with Crippen LogP contribution in [-0.4, -0.2) is 0 Å². The molecule has 0 heterocycles. The molecule has 0 aliphatic heterocycles. The second-order valence-corrected chi connectivity index (χ2v) is 6.04. The molecule has 1 saturated carbocycles. The molecule has 0 radical (unpaired) electrons. The Bertz CT molecular complexity index is 606. The lowest BCUT2D eigenvalue weighted by atomic mass is 9.84. The van der Waals surface area contributed by atoms with Crippen molar-refractivity contribution >= 4 is 11.6 Å². The maximum atomic E-state index is 6.26. The molecule has 1 fully saturated rings. The van der Waals surface area contributed by atoms with E-state index in [0.29, 0.717) is 0 Å². The van der Waals surface area contributed by atoms with Crippen LogP contribution in [0, 0.1) is 6.92 Å². The van der Waals surface area contributed by atoms with Gasteiger partial charge in [0, 0.05) is 10.4 Å². The first-order valence-corrected chi connectivity index (χ1v) is 7.33. The fourth-order valence-electron chi connectivity index (χ4n) is 3.01. The van der Waals surface area contributed by atoms with Crippen molar-refractivity contribution < 1.29 is 0 Å². The molecule has 1 aliphatic carbocycles. The van der Waals surface area contributed by atoms with Crippen LogP contribution < -0.4 is 11.3 Å². The molecule has 2 aromatic carbocycles. The van der Waals surface area contributed by atoms with Gasteiger partial charge in [0.05, 0.1) is 6.04 Å². The molecule has 20 heavy (non-hydrogen) atoms. The zero-order chi connectivity index (χ0) is 14.2. The van der Waals surface area contributed by atoms with Crippen LogP contribution in [0.4, 0.5) is 0 Å². The molecule has 0 bridgehead atoms. The third kappa shape index (κ3) is 2.24. The van der Waals surface area contributed by atoms with Gasteiger partial charge in [-0.25, -0.2) is 0 Å². The lowest BCUT2D eigenvalue weighted by molar-refractivity contribution is 0.439. The van der Waals surface area contributed by atoms with Crippen LogP contribution in [0.2, 0.25) is 5.02 Å². The Labute approximate surface area is 124 Å². The van der Waals surface area contributed by atoms with Gasteiger partial charge in [0.2, 0.25) is 0 Å². The van der Waals surface area contributed by atoms with Crippen molar-refractivity contribution in [2.24, 2.45) is 5.84 Å². The van der Waals surface area contributed by atoms with Crippen LogP contribution in [0.1, 0.15) is 35.6 Å².